The minimum absolute atomic E-state index is 0.523. The second-order valence-electron chi connectivity index (χ2n) is 1.91. The molecular formula is C5H8N3OS2-. The van der Waals surface area contributed by atoms with Crippen LogP contribution >= 0.6 is 11.3 Å². The SMILES string of the molecule is CNc1nc(C)c([S-](=N)=O)s1. The molecule has 0 aliphatic rings. The van der Waals surface area contributed by atoms with Crippen LogP contribution in [0.15, 0.2) is 4.21 Å². The van der Waals surface area contributed by atoms with Crippen LogP contribution in [0, 0.1) is 11.7 Å². The highest BCUT2D eigenvalue weighted by Crippen LogP contribution is 2.22. The van der Waals surface area contributed by atoms with Gasteiger partial charge in [-0.25, -0.2) is 4.98 Å². The average molecular weight is 190 g/mol. The number of thiazole rings is 1. The van der Waals surface area contributed by atoms with Gasteiger partial charge in [0.25, 0.3) is 0 Å². The smallest absolute Gasteiger partial charge is 0.181 e. The first-order chi connectivity index (χ1) is 5.15. The number of aryl methyl sites for hydroxylation is 1. The van der Waals surface area contributed by atoms with Gasteiger partial charge in [0.15, 0.2) is 5.13 Å². The van der Waals surface area contributed by atoms with E-state index in [1.807, 2.05) is 0 Å². The molecule has 11 heavy (non-hydrogen) atoms. The summed E-state index contributed by atoms with van der Waals surface area (Å²) in [4.78, 5) is 4.04. The molecule has 1 aromatic rings. The number of nitrogens with one attached hydrogen (secondary N) is 2. The molecule has 0 aromatic carbocycles. The zero-order chi connectivity index (χ0) is 8.43. The molecule has 0 bridgehead atoms. The molecule has 0 fully saturated rings. The van der Waals surface area contributed by atoms with Crippen LogP contribution in [0.1, 0.15) is 5.69 Å². The van der Waals surface area contributed by atoms with Gasteiger partial charge in [0, 0.05) is 12.7 Å². The Hall–Kier alpha value is -0.620. The Balaban J connectivity index is 3.17. The van der Waals surface area contributed by atoms with Crippen LogP contribution in [0.4, 0.5) is 5.13 Å². The van der Waals surface area contributed by atoms with Crippen LogP contribution < -0.4 is 5.32 Å². The number of hydrogen-bond donors (Lipinski definition) is 2. The van der Waals surface area contributed by atoms with Crippen LogP contribution in [0.2, 0.25) is 0 Å². The van der Waals surface area contributed by atoms with Gasteiger partial charge < -0.3 is 14.3 Å². The van der Waals surface area contributed by atoms with Crippen molar-refractivity contribution in [3.8, 4) is 0 Å². The van der Waals surface area contributed by atoms with Crippen LogP contribution in [-0.2, 0) is 14.8 Å². The van der Waals surface area contributed by atoms with Gasteiger partial charge in [0.2, 0.25) is 0 Å². The first kappa shape index (κ1) is 8.48. The van der Waals surface area contributed by atoms with Gasteiger partial charge in [0.1, 0.15) is 0 Å². The second kappa shape index (κ2) is 3.19. The summed E-state index contributed by atoms with van der Waals surface area (Å²) in [5.41, 5.74) is 0.674. The summed E-state index contributed by atoms with van der Waals surface area (Å²) in [7, 11) is 0.0897. The number of rotatable bonds is 2. The molecule has 0 saturated heterocycles. The summed E-state index contributed by atoms with van der Waals surface area (Å²) in [6.45, 7) is 1.75. The largest absolute Gasteiger partial charge is 0.439 e. The Kier molecular flexibility index (Phi) is 2.45. The van der Waals surface area contributed by atoms with Crippen molar-refractivity contribution in [1.29, 1.82) is 4.78 Å². The average Bonchev–Trinajstić information content (AvgIpc) is 2.30. The monoisotopic (exact) mass is 190 g/mol. The third-order valence-electron chi connectivity index (χ3n) is 1.14. The Morgan fingerprint density at radius 1 is 1.73 bits per heavy atom. The first-order valence-corrected chi connectivity index (χ1v) is 4.90. The lowest BCUT2D eigenvalue weighted by atomic mass is 10.6. The molecular weight excluding hydrogens is 182 g/mol. The standard InChI is InChI=1S/C5H8N3OS2/c1-3-4(11(6)9)10-5(7-2)8-3/h6H,1-2H3,(H,7,8)/q-1. The Morgan fingerprint density at radius 2 is 2.36 bits per heavy atom. The van der Waals surface area contributed by atoms with Crippen molar-refractivity contribution in [1.82, 2.24) is 4.98 Å². The number of hydrogen-bond acceptors (Lipinski definition) is 6. The van der Waals surface area contributed by atoms with E-state index in [1.54, 1.807) is 14.0 Å². The van der Waals surface area contributed by atoms with Gasteiger partial charge in [-0.3, -0.25) is 0 Å². The third-order valence-corrected chi connectivity index (χ3v) is 3.44. The van der Waals surface area contributed by atoms with E-state index in [0.29, 0.717) is 15.0 Å². The predicted octanol–water partition coefficient (Wildman–Crippen LogP) is 1.58. The minimum atomic E-state index is -1.66. The van der Waals surface area contributed by atoms with Crippen molar-refractivity contribution < 1.29 is 4.21 Å². The molecule has 0 aliphatic carbocycles. The molecule has 0 spiro atoms. The van der Waals surface area contributed by atoms with E-state index in [0.717, 1.165) is 0 Å². The normalized spacial score (nSPS) is 10.5. The molecule has 1 rings (SSSR count). The van der Waals surface area contributed by atoms with Gasteiger partial charge in [-0.05, 0) is 11.1 Å². The van der Waals surface area contributed by atoms with Crippen molar-refractivity contribution in [3.63, 3.8) is 0 Å². The van der Waals surface area contributed by atoms with Gasteiger partial charge in [0.05, 0.1) is 0 Å². The van der Waals surface area contributed by atoms with Gasteiger partial charge in [-0.1, -0.05) is 0 Å². The minimum Gasteiger partial charge on any atom is -0.439 e. The lowest BCUT2D eigenvalue weighted by Crippen LogP contribution is -1.84. The molecule has 1 aromatic heterocycles. The Labute approximate surface area is 70.7 Å². The molecule has 0 saturated carbocycles. The third kappa shape index (κ3) is 1.69. The second-order valence-corrected chi connectivity index (χ2v) is 4.11. The fraction of sp³-hybridized carbons (Fsp3) is 0.400. The number of aromatic nitrogens is 1. The van der Waals surface area contributed by atoms with E-state index < -0.39 is 10.6 Å². The lowest BCUT2D eigenvalue weighted by molar-refractivity contribution is 0.599. The predicted molar refractivity (Wildman–Crippen MR) is 45.4 cm³/mol. The molecule has 4 nitrogen and oxygen atoms in total. The van der Waals surface area contributed by atoms with Crippen molar-refractivity contribution in [2.75, 3.05) is 12.4 Å². The molecule has 62 valence electrons. The lowest BCUT2D eigenvalue weighted by Gasteiger charge is -1.93. The highest BCUT2D eigenvalue weighted by molar-refractivity contribution is 7.76. The van der Waals surface area contributed by atoms with Crippen molar-refractivity contribution in [3.05, 3.63) is 5.69 Å². The van der Waals surface area contributed by atoms with Crippen LogP contribution in [-0.4, -0.2) is 12.0 Å². The molecule has 0 atom stereocenters. The summed E-state index contributed by atoms with van der Waals surface area (Å²) >= 11 is 1.26. The van der Waals surface area contributed by atoms with E-state index in [4.69, 9.17) is 4.78 Å². The molecule has 0 unspecified atom stereocenters. The maximum absolute atomic E-state index is 10.7. The van der Waals surface area contributed by atoms with E-state index in [2.05, 4.69) is 10.3 Å². The number of nitrogens with zero attached hydrogens (tertiary/aromatic N) is 1. The van der Waals surface area contributed by atoms with E-state index in [9.17, 15) is 4.21 Å². The maximum Gasteiger partial charge on any atom is 0.181 e. The van der Waals surface area contributed by atoms with Crippen molar-refractivity contribution in [2.45, 2.75) is 11.1 Å². The van der Waals surface area contributed by atoms with Crippen LogP contribution in [0.5, 0.6) is 0 Å². The van der Waals surface area contributed by atoms with Crippen molar-refractivity contribution >= 4 is 27.1 Å². The Bertz CT molecular complexity index is 320. The maximum atomic E-state index is 10.7. The van der Waals surface area contributed by atoms with Crippen molar-refractivity contribution in [2.24, 2.45) is 0 Å². The van der Waals surface area contributed by atoms with Gasteiger partial charge >= 0.3 is 0 Å². The van der Waals surface area contributed by atoms with Crippen LogP contribution in [0.3, 0.4) is 0 Å². The topological polar surface area (TPSA) is 65.8 Å². The highest BCUT2D eigenvalue weighted by Gasteiger charge is 1.98. The summed E-state index contributed by atoms with van der Waals surface area (Å²) in [5, 5.41) is 3.54. The molecule has 0 amide bonds. The van der Waals surface area contributed by atoms with Gasteiger partial charge in [-0.2, -0.15) is 10.6 Å². The van der Waals surface area contributed by atoms with E-state index >= 15 is 0 Å². The fourth-order valence-corrected chi connectivity index (χ4v) is 2.17. The molecule has 0 aliphatic heterocycles. The molecule has 0 radical (unpaired) electrons. The fourth-order valence-electron chi connectivity index (χ4n) is 0.661. The zero-order valence-electron chi connectivity index (χ0n) is 6.17. The molecule has 1 heterocycles. The Morgan fingerprint density at radius 3 is 2.64 bits per heavy atom. The summed E-state index contributed by atoms with van der Waals surface area (Å²) in [6, 6.07) is 0. The summed E-state index contributed by atoms with van der Waals surface area (Å²) < 4.78 is 18.2. The summed E-state index contributed by atoms with van der Waals surface area (Å²) in [5.74, 6) is 0. The zero-order valence-corrected chi connectivity index (χ0v) is 7.80. The summed E-state index contributed by atoms with van der Waals surface area (Å²) in [6.07, 6.45) is 0. The quantitative estimate of drug-likeness (QED) is 0.696. The van der Waals surface area contributed by atoms with E-state index in [1.165, 1.54) is 11.3 Å². The van der Waals surface area contributed by atoms with Crippen LogP contribution in [0.25, 0.3) is 0 Å². The molecule has 2 N–H and O–H groups in total. The number of anilines is 1. The van der Waals surface area contributed by atoms with E-state index in [-0.39, 0.29) is 0 Å². The molecule has 6 heteroatoms. The first-order valence-electron chi connectivity index (χ1n) is 2.93. The van der Waals surface area contributed by atoms with Gasteiger partial charge in [-0.15, -0.1) is 11.3 Å². The highest BCUT2D eigenvalue weighted by atomic mass is 32.2.